The molecule has 0 aromatic carbocycles. The molecule has 0 aromatic rings. The van der Waals surface area contributed by atoms with E-state index in [0.29, 0.717) is 29.5 Å². The molecule has 2 heteroatoms. The molecular formula is C21H28O2. The van der Waals surface area contributed by atoms with Crippen LogP contribution in [0.25, 0.3) is 0 Å². The van der Waals surface area contributed by atoms with E-state index in [1.165, 1.54) is 12.0 Å². The molecule has 4 aliphatic carbocycles. The van der Waals surface area contributed by atoms with E-state index >= 15 is 0 Å². The Bertz CT molecular complexity index is 628. The molecule has 3 fully saturated rings. The maximum atomic E-state index is 12.5. The topological polar surface area (TPSA) is 34.1 Å². The van der Waals surface area contributed by atoms with Crippen LogP contribution < -0.4 is 0 Å². The van der Waals surface area contributed by atoms with Gasteiger partial charge in [0.05, 0.1) is 0 Å². The zero-order valence-corrected chi connectivity index (χ0v) is 14.6. The van der Waals surface area contributed by atoms with Crippen molar-refractivity contribution in [2.45, 2.75) is 59.3 Å². The third-order valence-electron chi connectivity index (χ3n) is 7.92. The summed E-state index contributed by atoms with van der Waals surface area (Å²) in [7, 11) is 0. The van der Waals surface area contributed by atoms with E-state index in [0.717, 1.165) is 32.1 Å². The van der Waals surface area contributed by atoms with Crippen molar-refractivity contribution in [1.29, 1.82) is 0 Å². The van der Waals surface area contributed by atoms with Crippen LogP contribution in [0, 0.1) is 34.5 Å². The number of carbonyl (C=O) groups excluding carboxylic acids is 2. The van der Waals surface area contributed by atoms with Crippen molar-refractivity contribution >= 4 is 11.6 Å². The highest BCUT2D eigenvalue weighted by Crippen LogP contribution is 2.64. The number of fused-ring (bicyclic) bond motifs is 5. The van der Waals surface area contributed by atoms with Gasteiger partial charge in [0.1, 0.15) is 5.78 Å². The monoisotopic (exact) mass is 312 g/mol. The van der Waals surface area contributed by atoms with Crippen LogP contribution in [0.5, 0.6) is 0 Å². The van der Waals surface area contributed by atoms with Crippen molar-refractivity contribution in [2.24, 2.45) is 34.5 Å². The Morgan fingerprint density at radius 1 is 1.17 bits per heavy atom. The van der Waals surface area contributed by atoms with Crippen LogP contribution in [0.4, 0.5) is 0 Å². The summed E-state index contributed by atoms with van der Waals surface area (Å²) in [4.78, 5) is 24.4. The smallest absolute Gasteiger partial charge is 0.178 e. The fourth-order valence-electron chi connectivity index (χ4n) is 6.58. The maximum Gasteiger partial charge on any atom is 0.178 e. The average Bonchev–Trinajstić information content (AvgIpc) is 2.83. The van der Waals surface area contributed by atoms with Gasteiger partial charge in [-0.2, -0.15) is 0 Å². The minimum Gasteiger partial charge on any atom is -0.299 e. The summed E-state index contributed by atoms with van der Waals surface area (Å²) in [6.45, 7) is 6.83. The SMILES string of the molecule is CC[C@H]1CC2C(CCC3(C)C(=O)CCC23)C2(C)C=CC(=O)C=C12. The predicted molar refractivity (Wildman–Crippen MR) is 90.8 cm³/mol. The molecule has 0 amide bonds. The summed E-state index contributed by atoms with van der Waals surface area (Å²) in [6, 6.07) is 0. The molecule has 124 valence electrons. The molecule has 4 rings (SSSR count). The number of allylic oxidation sites excluding steroid dienone is 4. The molecule has 0 N–H and O–H groups in total. The van der Waals surface area contributed by atoms with Gasteiger partial charge in [0.25, 0.3) is 0 Å². The Balaban J connectivity index is 1.77. The largest absolute Gasteiger partial charge is 0.299 e. The Labute approximate surface area is 139 Å². The number of ketones is 2. The van der Waals surface area contributed by atoms with Gasteiger partial charge < -0.3 is 0 Å². The number of carbonyl (C=O) groups is 2. The van der Waals surface area contributed by atoms with Crippen molar-refractivity contribution in [1.82, 2.24) is 0 Å². The molecule has 2 nitrogen and oxygen atoms in total. The van der Waals surface area contributed by atoms with Crippen LogP contribution in [-0.2, 0) is 9.59 Å². The fourth-order valence-corrected chi connectivity index (χ4v) is 6.58. The van der Waals surface area contributed by atoms with Crippen LogP contribution in [0.2, 0.25) is 0 Å². The number of hydrogen-bond acceptors (Lipinski definition) is 2. The van der Waals surface area contributed by atoms with Gasteiger partial charge in [0.15, 0.2) is 5.78 Å². The molecule has 0 heterocycles. The summed E-state index contributed by atoms with van der Waals surface area (Å²) in [5, 5.41) is 0. The first-order chi connectivity index (χ1) is 10.9. The zero-order chi connectivity index (χ0) is 16.4. The van der Waals surface area contributed by atoms with Gasteiger partial charge in [-0.1, -0.05) is 32.4 Å². The molecule has 0 saturated heterocycles. The fraction of sp³-hybridized carbons (Fsp3) is 0.714. The lowest BCUT2D eigenvalue weighted by molar-refractivity contribution is -0.132. The summed E-state index contributed by atoms with van der Waals surface area (Å²) >= 11 is 0. The Morgan fingerprint density at radius 3 is 2.70 bits per heavy atom. The summed E-state index contributed by atoms with van der Waals surface area (Å²) < 4.78 is 0. The maximum absolute atomic E-state index is 12.5. The van der Waals surface area contributed by atoms with E-state index in [1.54, 1.807) is 6.08 Å². The lowest BCUT2D eigenvalue weighted by Crippen LogP contribution is -2.51. The third kappa shape index (κ3) is 1.93. The predicted octanol–water partition coefficient (Wildman–Crippen LogP) is 4.50. The van der Waals surface area contributed by atoms with Crippen LogP contribution in [-0.4, -0.2) is 11.6 Å². The van der Waals surface area contributed by atoms with E-state index < -0.39 is 0 Å². The van der Waals surface area contributed by atoms with E-state index in [-0.39, 0.29) is 16.6 Å². The minimum absolute atomic E-state index is 0.0322. The van der Waals surface area contributed by atoms with E-state index in [4.69, 9.17) is 0 Å². The first-order valence-electron chi connectivity index (χ1n) is 9.38. The van der Waals surface area contributed by atoms with Crippen molar-refractivity contribution in [2.75, 3.05) is 0 Å². The Kier molecular flexibility index (Phi) is 3.28. The molecule has 4 aliphatic rings. The molecule has 23 heavy (non-hydrogen) atoms. The average molecular weight is 312 g/mol. The quantitative estimate of drug-likeness (QED) is 0.714. The Morgan fingerprint density at radius 2 is 1.96 bits per heavy atom. The molecule has 6 atom stereocenters. The molecule has 3 saturated carbocycles. The highest BCUT2D eigenvalue weighted by Gasteiger charge is 2.59. The molecule has 0 bridgehead atoms. The van der Waals surface area contributed by atoms with Gasteiger partial charge in [-0.25, -0.2) is 0 Å². The van der Waals surface area contributed by atoms with Crippen LogP contribution in [0.15, 0.2) is 23.8 Å². The van der Waals surface area contributed by atoms with Crippen LogP contribution in [0.1, 0.15) is 59.3 Å². The van der Waals surface area contributed by atoms with Crippen LogP contribution >= 0.6 is 0 Å². The summed E-state index contributed by atoms with van der Waals surface area (Å²) in [6.07, 6.45) is 12.2. The Hall–Kier alpha value is -1.18. The number of rotatable bonds is 1. The summed E-state index contributed by atoms with van der Waals surface area (Å²) in [5.41, 5.74) is 1.34. The standard InChI is InChI=1S/C21H28O2/c1-4-13-11-15-16-5-6-19(23)21(16,3)10-8-17(15)20(2)9-7-14(22)12-18(13)20/h7,9,12-13,15-17H,4-6,8,10-11H2,1-3H3/t13-,15?,16?,17?,20?,21?/m0/s1. The van der Waals surface area contributed by atoms with Crippen molar-refractivity contribution in [3.05, 3.63) is 23.8 Å². The van der Waals surface area contributed by atoms with Gasteiger partial charge in [0.2, 0.25) is 0 Å². The van der Waals surface area contributed by atoms with Gasteiger partial charge >= 0.3 is 0 Å². The van der Waals surface area contributed by atoms with Gasteiger partial charge in [-0.05, 0) is 67.9 Å². The first-order valence-corrected chi connectivity index (χ1v) is 9.38. The van der Waals surface area contributed by atoms with Crippen molar-refractivity contribution in [3.8, 4) is 0 Å². The highest BCUT2D eigenvalue weighted by atomic mass is 16.1. The van der Waals surface area contributed by atoms with E-state index in [1.807, 2.05) is 6.08 Å². The molecule has 0 aliphatic heterocycles. The molecule has 0 aromatic heterocycles. The second-order valence-electron chi connectivity index (χ2n) is 8.75. The minimum atomic E-state index is -0.0642. The van der Waals surface area contributed by atoms with Crippen LogP contribution in [0.3, 0.4) is 0 Å². The zero-order valence-electron chi connectivity index (χ0n) is 14.6. The van der Waals surface area contributed by atoms with Gasteiger partial charge in [0, 0.05) is 17.3 Å². The molecule has 0 radical (unpaired) electrons. The normalized spacial score (nSPS) is 48.6. The molecule has 5 unspecified atom stereocenters. The summed E-state index contributed by atoms with van der Waals surface area (Å²) in [5.74, 6) is 2.98. The van der Waals surface area contributed by atoms with Crippen molar-refractivity contribution < 1.29 is 9.59 Å². The second-order valence-corrected chi connectivity index (χ2v) is 8.75. The number of hydrogen-bond donors (Lipinski definition) is 0. The lowest BCUT2D eigenvalue weighted by atomic mass is 9.46. The molecular weight excluding hydrogens is 284 g/mol. The van der Waals surface area contributed by atoms with Gasteiger partial charge in [-0.3, -0.25) is 9.59 Å². The van der Waals surface area contributed by atoms with Crippen molar-refractivity contribution in [3.63, 3.8) is 0 Å². The van der Waals surface area contributed by atoms with Gasteiger partial charge in [-0.15, -0.1) is 0 Å². The highest BCUT2D eigenvalue weighted by molar-refractivity contribution is 6.01. The molecule has 0 spiro atoms. The third-order valence-corrected chi connectivity index (χ3v) is 7.92. The van der Waals surface area contributed by atoms with E-state index in [2.05, 4.69) is 26.8 Å². The van der Waals surface area contributed by atoms with E-state index in [9.17, 15) is 9.59 Å². The first kappa shape index (κ1) is 15.4. The second kappa shape index (κ2) is 4.91. The number of Topliss-reactive ketones (excluding diaryl/α,β-unsaturated/α-hetero) is 1. The lowest BCUT2D eigenvalue weighted by Gasteiger charge is -2.57.